The van der Waals surface area contributed by atoms with Crippen LogP contribution in [0.1, 0.15) is 43.3 Å². The van der Waals surface area contributed by atoms with E-state index in [1.807, 2.05) is 18.2 Å². The van der Waals surface area contributed by atoms with Gasteiger partial charge in [0.15, 0.2) is 5.82 Å². The lowest BCUT2D eigenvalue weighted by atomic mass is 9.94. The molecule has 1 aliphatic rings. The number of methoxy groups -OCH3 is 1. The normalized spacial score (nSPS) is 17.5. The molecule has 0 aliphatic carbocycles. The highest BCUT2D eigenvalue weighted by molar-refractivity contribution is 5.40. The van der Waals surface area contributed by atoms with Crippen LogP contribution < -0.4 is 5.32 Å². The summed E-state index contributed by atoms with van der Waals surface area (Å²) in [6.45, 7) is 6.04. The molecule has 1 aliphatic heterocycles. The van der Waals surface area contributed by atoms with Crippen molar-refractivity contribution in [2.45, 2.75) is 44.8 Å². The van der Waals surface area contributed by atoms with Crippen LogP contribution in [0, 0.1) is 5.82 Å². The second-order valence-corrected chi connectivity index (χ2v) is 7.40. The first-order chi connectivity index (χ1) is 12.4. The van der Waals surface area contributed by atoms with Crippen LogP contribution in [0.25, 0.3) is 0 Å². The van der Waals surface area contributed by atoms with E-state index in [9.17, 15) is 4.39 Å². The summed E-state index contributed by atoms with van der Waals surface area (Å²) in [6, 6.07) is 8.62. The summed E-state index contributed by atoms with van der Waals surface area (Å²) in [4.78, 5) is 9.22. The van der Waals surface area contributed by atoms with Gasteiger partial charge in [0.2, 0.25) is 0 Å². The van der Waals surface area contributed by atoms with Crippen molar-refractivity contribution in [3.8, 4) is 0 Å². The van der Waals surface area contributed by atoms with Crippen LogP contribution in [0.3, 0.4) is 0 Å². The monoisotopic (exact) mass is 359 g/mol. The van der Waals surface area contributed by atoms with Gasteiger partial charge in [-0.3, -0.25) is 0 Å². The summed E-state index contributed by atoms with van der Waals surface area (Å²) in [7, 11) is 1.64. The second-order valence-electron chi connectivity index (χ2n) is 7.40. The van der Waals surface area contributed by atoms with Gasteiger partial charge in [-0.2, -0.15) is 0 Å². The van der Waals surface area contributed by atoms with Gasteiger partial charge in [-0.05, 0) is 44.4 Å². The van der Waals surface area contributed by atoms with Crippen molar-refractivity contribution in [2.75, 3.05) is 25.6 Å². The first kappa shape index (κ1) is 18.7. The van der Waals surface area contributed by atoms with Crippen molar-refractivity contribution >= 4 is 5.82 Å². The minimum atomic E-state index is -0.250. The average molecular weight is 359 g/mol. The molecule has 0 saturated carbocycles. The number of hydrogen-bond acceptors (Lipinski definition) is 5. The largest absolute Gasteiger partial charge is 0.381 e. The summed E-state index contributed by atoms with van der Waals surface area (Å²) in [5.41, 5.74) is 1.81. The highest BCUT2D eigenvalue weighted by Gasteiger charge is 2.23. The van der Waals surface area contributed by atoms with E-state index in [2.05, 4.69) is 29.1 Å². The fourth-order valence-corrected chi connectivity index (χ4v) is 3.26. The van der Waals surface area contributed by atoms with Gasteiger partial charge in [0, 0.05) is 31.2 Å². The summed E-state index contributed by atoms with van der Waals surface area (Å²) in [5, 5.41) is 3.50. The van der Waals surface area contributed by atoms with Crippen LogP contribution in [-0.2, 0) is 22.5 Å². The molecule has 0 amide bonds. The van der Waals surface area contributed by atoms with Gasteiger partial charge in [0.05, 0.1) is 12.3 Å². The maximum absolute atomic E-state index is 13.1. The highest BCUT2D eigenvalue weighted by Crippen LogP contribution is 2.27. The SMILES string of the molecule is COCc1nc(NC(C)(C)Cc2ccc(F)cc2)cc(C2CCOC2)n1. The second kappa shape index (κ2) is 8.10. The Kier molecular flexibility index (Phi) is 5.84. The van der Waals surface area contributed by atoms with Gasteiger partial charge >= 0.3 is 0 Å². The van der Waals surface area contributed by atoms with Gasteiger partial charge in [-0.25, -0.2) is 14.4 Å². The topological polar surface area (TPSA) is 56.3 Å². The molecule has 1 fully saturated rings. The van der Waals surface area contributed by atoms with Crippen molar-refractivity contribution in [1.82, 2.24) is 9.97 Å². The fraction of sp³-hybridized carbons (Fsp3) is 0.500. The van der Waals surface area contributed by atoms with Crippen molar-refractivity contribution in [3.05, 3.63) is 53.2 Å². The molecular formula is C20H26FN3O2. The maximum Gasteiger partial charge on any atom is 0.156 e. The van der Waals surface area contributed by atoms with E-state index in [0.717, 1.165) is 36.5 Å². The minimum Gasteiger partial charge on any atom is -0.381 e. The number of hydrogen-bond donors (Lipinski definition) is 1. The lowest BCUT2D eigenvalue weighted by Crippen LogP contribution is -2.34. The first-order valence-electron chi connectivity index (χ1n) is 8.92. The lowest BCUT2D eigenvalue weighted by Gasteiger charge is -2.28. The number of aromatic nitrogens is 2. The van der Waals surface area contributed by atoms with Crippen molar-refractivity contribution in [1.29, 1.82) is 0 Å². The van der Waals surface area contributed by atoms with Crippen LogP contribution in [0.4, 0.5) is 10.2 Å². The van der Waals surface area contributed by atoms with Crippen molar-refractivity contribution in [2.24, 2.45) is 0 Å². The number of nitrogens with zero attached hydrogens (tertiary/aromatic N) is 2. The van der Waals surface area contributed by atoms with Crippen LogP contribution in [0.5, 0.6) is 0 Å². The van der Waals surface area contributed by atoms with Gasteiger partial charge in [0.1, 0.15) is 18.2 Å². The van der Waals surface area contributed by atoms with E-state index in [1.165, 1.54) is 12.1 Å². The molecule has 1 aromatic heterocycles. The third kappa shape index (κ3) is 4.99. The number of nitrogens with one attached hydrogen (secondary N) is 1. The Bertz CT molecular complexity index is 728. The van der Waals surface area contributed by atoms with E-state index >= 15 is 0 Å². The molecular weight excluding hydrogens is 333 g/mol. The van der Waals surface area contributed by atoms with E-state index in [-0.39, 0.29) is 11.4 Å². The average Bonchev–Trinajstić information content (AvgIpc) is 3.11. The molecule has 26 heavy (non-hydrogen) atoms. The molecule has 6 heteroatoms. The lowest BCUT2D eigenvalue weighted by molar-refractivity contribution is 0.177. The number of benzene rings is 1. The number of halogens is 1. The van der Waals surface area contributed by atoms with Crippen LogP contribution in [0.2, 0.25) is 0 Å². The number of rotatable bonds is 7. The zero-order valence-corrected chi connectivity index (χ0v) is 15.6. The fourth-order valence-electron chi connectivity index (χ4n) is 3.26. The Morgan fingerprint density at radius 1 is 1.27 bits per heavy atom. The summed E-state index contributed by atoms with van der Waals surface area (Å²) in [6.07, 6.45) is 1.72. The smallest absolute Gasteiger partial charge is 0.156 e. The molecule has 3 rings (SSSR count). The summed E-state index contributed by atoms with van der Waals surface area (Å²) >= 11 is 0. The Morgan fingerprint density at radius 2 is 2.04 bits per heavy atom. The van der Waals surface area contributed by atoms with Crippen molar-refractivity contribution < 1.29 is 13.9 Å². The zero-order chi connectivity index (χ0) is 18.6. The molecule has 1 unspecified atom stereocenters. The third-order valence-corrected chi connectivity index (χ3v) is 4.44. The maximum atomic E-state index is 13.1. The third-order valence-electron chi connectivity index (χ3n) is 4.44. The quantitative estimate of drug-likeness (QED) is 0.817. The molecule has 2 aromatic rings. The first-order valence-corrected chi connectivity index (χ1v) is 8.92. The Labute approximate surface area is 154 Å². The van der Waals surface area contributed by atoms with Crippen LogP contribution in [0.15, 0.2) is 30.3 Å². The molecule has 140 valence electrons. The molecule has 0 spiro atoms. The highest BCUT2D eigenvalue weighted by atomic mass is 19.1. The molecule has 5 nitrogen and oxygen atoms in total. The number of anilines is 1. The van der Waals surface area contributed by atoms with Crippen LogP contribution in [-0.4, -0.2) is 35.8 Å². The van der Waals surface area contributed by atoms with Gasteiger partial charge < -0.3 is 14.8 Å². The molecule has 0 bridgehead atoms. The molecule has 0 radical (unpaired) electrons. The molecule has 1 atom stereocenters. The van der Waals surface area contributed by atoms with Gasteiger partial charge in [-0.1, -0.05) is 12.1 Å². The molecule has 1 saturated heterocycles. The van der Waals surface area contributed by atoms with E-state index < -0.39 is 0 Å². The molecule has 1 N–H and O–H groups in total. The van der Waals surface area contributed by atoms with Crippen LogP contribution >= 0.6 is 0 Å². The Morgan fingerprint density at radius 3 is 2.69 bits per heavy atom. The van der Waals surface area contributed by atoms with E-state index in [1.54, 1.807) is 7.11 Å². The molecule has 2 heterocycles. The summed E-state index contributed by atoms with van der Waals surface area (Å²) < 4.78 is 23.8. The standard InChI is InChI=1S/C20H26FN3O2/c1-20(2,11-14-4-6-16(21)7-5-14)24-18-10-17(15-8-9-26-12-15)22-19(23-18)13-25-3/h4-7,10,15H,8-9,11-13H2,1-3H3,(H,22,23,24). The van der Waals surface area contributed by atoms with Gasteiger partial charge in [-0.15, -0.1) is 0 Å². The molecule has 1 aromatic carbocycles. The van der Waals surface area contributed by atoms with Crippen molar-refractivity contribution in [3.63, 3.8) is 0 Å². The van der Waals surface area contributed by atoms with E-state index in [4.69, 9.17) is 9.47 Å². The Balaban J connectivity index is 1.78. The Hall–Kier alpha value is -2.05. The van der Waals surface area contributed by atoms with Gasteiger partial charge in [0.25, 0.3) is 0 Å². The minimum absolute atomic E-state index is 0.219. The summed E-state index contributed by atoms with van der Waals surface area (Å²) in [5.74, 6) is 1.52. The predicted molar refractivity (Wildman–Crippen MR) is 98.7 cm³/mol. The number of ether oxygens (including phenoxy) is 2. The predicted octanol–water partition coefficient (Wildman–Crippen LogP) is 3.70. The van der Waals surface area contributed by atoms with E-state index in [0.29, 0.717) is 25.0 Å². The zero-order valence-electron chi connectivity index (χ0n) is 15.6.